The van der Waals surface area contributed by atoms with E-state index < -0.39 is 23.8 Å². The van der Waals surface area contributed by atoms with Crippen molar-refractivity contribution in [3.05, 3.63) is 52.0 Å². The molecule has 3 rings (SSSR count). The number of carbonyl (C=O) groups excluding carboxylic acids is 2. The molecule has 6 nitrogen and oxygen atoms in total. The molecule has 1 aromatic heterocycles. The summed E-state index contributed by atoms with van der Waals surface area (Å²) in [5, 5.41) is 5.51. The normalized spacial score (nSPS) is 15.4. The lowest BCUT2D eigenvalue weighted by Gasteiger charge is -2.18. The number of benzene rings is 1. The number of aromatic amines is 1. The van der Waals surface area contributed by atoms with Gasteiger partial charge in [0.15, 0.2) is 0 Å². The maximum atomic E-state index is 14.1. The number of carbonyl (C=O) groups is 2. The van der Waals surface area contributed by atoms with E-state index in [-0.39, 0.29) is 22.7 Å². The fraction of sp³-hybridized carbons (Fsp3) is 0.364. The number of anilines is 1. The highest BCUT2D eigenvalue weighted by Crippen LogP contribution is 2.34. The fourth-order valence-electron chi connectivity index (χ4n) is 3.53. The summed E-state index contributed by atoms with van der Waals surface area (Å²) in [6.07, 6.45) is 1.53. The number of H-pyrrole nitrogens is 1. The van der Waals surface area contributed by atoms with Gasteiger partial charge in [-0.3, -0.25) is 9.59 Å². The molecule has 0 unspecified atom stereocenters. The molecule has 2 amide bonds. The number of aryl methyl sites for hydroxylation is 1. The summed E-state index contributed by atoms with van der Waals surface area (Å²) in [5.74, 6) is -1.66. The van der Waals surface area contributed by atoms with E-state index in [0.717, 1.165) is 19.6 Å². The zero-order valence-corrected chi connectivity index (χ0v) is 17.1. The highest BCUT2D eigenvalue weighted by molar-refractivity contribution is 6.34. The Bertz CT molecular complexity index is 1070. The van der Waals surface area contributed by atoms with Crippen molar-refractivity contribution in [3.8, 4) is 0 Å². The van der Waals surface area contributed by atoms with Crippen LogP contribution in [0.4, 0.5) is 10.1 Å². The largest absolute Gasteiger partial charge is 0.358 e. The number of rotatable bonds is 7. The van der Waals surface area contributed by atoms with E-state index in [2.05, 4.69) is 34.4 Å². The van der Waals surface area contributed by atoms with Crippen LogP contribution in [0.5, 0.6) is 0 Å². The molecule has 1 aliphatic rings. The number of aromatic nitrogens is 1. The average molecular weight is 400 g/mol. The van der Waals surface area contributed by atoms with Crippen molar-refractivity contribution in [2.45, 2.75) is 27.7 Å². The molecule has 2 aromatic rings. The van der Waals surface area contributed by atoms with Crippen LogP contribution in [-0.2, 0) is 4.79 Å². The molecule has 1 aliphatic heterocycles. The summed E-state index contributed by atoms with van der Waals surface area (Å²) in [5.41, 5.74) is 2.84. The van der Waals surface area contributed by atoms with Crippen molar-refractivity contribution in [2.75, 3.05) is 31.5 Å². The van der Waals surface area contributed by atoms with E-state index in [1.807, 2.05) is 0 Å². The SMILES string of the molecule is [2H]c1cc2c(c([2H])c1F)/C(=C/c1[nH]c(C)c(C(=O)NCCN(CC)CC)c1C)C(=O)N2. The molecule has 0 saturated carbocycles. The first-order chi connectivity index (χ1) is 14.7. The summed E-state index contributed by atoms with van der Waals surface area (Å²) in [6.45, 7) is 10.8. The van der Waals surface area contributed by atoms with Gasteiger partial charge in [0.1, 0.15) is 5.82 Å². The molecule has 2 heterocycles. The number of likely N-dealkylation sites (N-methyl/N-ethyl adjacent to an activating group) is 1. The van der Waals surface area contributed by atoms with Gasteiger partial charge in [-0.2, -0.15) is 0 Å². The Kier molecular flexibility index (Phi) is 5.38. The van der Waals surface area contributed by atoms with Crippen LogP contribution >= 0.6 is 0 Å². The second-order valence-corrected chi connectivity index (χ2v) is 6.97. The van der Waals surface area contributed by atoms with E-state index in [4.69, 9.17) is 2.74 Å². The third-order valence-corrected chi connectivity index (χ3v) is 5.21. The van der Waals surface area contributed by atoms with Gasteiger partial charge in [-0.05, 0) is 56.7 Å². The maximum Gasteiger partial charge on any atom is 0.256 e. The Morgan fingerprint density at radius 2 is 2.07 bits per heavy atom. The molecular formula is C22H27FN4O2. The summed E-state index contributed by atoms with van der Waals surface area (Å²) in [6, 6.07) is 0.256. The number of nitrogens with one attached hydrogen (secondary N) is 3. The van der Waals surface area contributed by atoms with Gasteiger partial charge in [0.05, 0.1) is 13.9 Å². The molecule has 0 radical (unpaired) electrons. The Balaban J connectivity index is 1.90. The van der Waals surface area contributed by atoms with Crippen molar-refractivity contribution in [3.63, 3.8) is 0 Å². The number of hydrogen-bond acceptors (Lipinski definition) is 3. The van der Waals surface area contributed by atoms with Crippen LogP contribution in [0.2, 0.25) is 0 Å². The molecule has 0 bridgehead atoms. The Morgan fingerprint density at radius 3 is 2.76 bits per heavy atom. The van der Waals surface area contributed by atoms with Gasteiger partial charge >= 0.3 is 0 Å². The van der Waals surface area contributed by atoms with E-state index in [1.165, 1.54) is 12.1 Å². The van der Waals surface area contributed by atoms with Crippen molar-refractivity contribution in [1.82, 2.24) is 15.2 Å². The van der Waals surface area contributed by atoms with E-state index >= 15 is 0 Å². The molecule has 154 valence electrons. The van der Waals surface area contributed by atoms with Crippen LogP contribution in [0.3, 0.4) is 0 Å². The van der Waals surface area contributed by atoms with Gasteiger partial charge in [0.2, 0.25) is 0 Å². The second kappa shape index (κ2) is 8.61. The lowest BCUT2D eigenvalue weighted by Crippen LogP contribution is -2.35. The molecule has 0 spiro atoms. The summed E-state index contributed by atoms with van der Waals surface area (Å²) in [7, 11) is 0. The van der Waals surface area contributed by atoms with Crippen LogP contribution in [0.15, 0.2) is 18.2 Å². The molecule has 1 aromatic carbocycles. The maximum absolute atomic E-state index is 14.1. The van der Waals surface area contributed by atoms with Crippen LogP contribution < -0.4 is 10.6 Å². The van der Waals surface area contributed by atoms with E-state index in [0.29, 0.717) is 29.1 Å². The highest BCUT2D eigenvalue weighted by Gasteiger charge is 2.26. The van der Waals surface area contributed by atoms with Crippen molar-refractivity contribution >= 4 is 29.2 Å². The van der Waals surface area contributed by atoms with Crippen LogP contribution in [0.1, 0.15) is 49.5 Å². The van der Waals surface area contributed by atoms with Crippen molar-refractivity contribution in [2.24, 2.45) is 0 Å². The molecule has 29 heavy (non-hydrogen) atoms. The van der Waals surface area contributed by atoms with Crippen LogP contribution in [-0.4, -0.2) is 47.9 Å². The van der Waals surface area contributed by atoms with Crippen LogP contribution in [0, 0.1) is 19.7 Å². The number of nitrogens with zero attached hydrogens (tertiary/aromatic N) is 1. The number of hydrogen-bond donors (Lipinski definition) is 3. The number of amides is 2. The van der Waals surface area contributed by atoms with Gasteiger partial charge in [-0.1, -0.05) is 13.8 Å². The standard InChI is InChI=1S/C22H27FN4O2/c1-5-27(6-2)10-9-24-22(29)20-13(3)19(25-14(20)4)12-17-16-11-15(23)7-8-18(16)26-21(17)28/h7-8,11-12,25H,5-6,9-10H2,1-4H3,(H,24,29)(H,26,28)/b17-12-/i7D,11D. The number of fused-ring (bicyclic) bond motifs is 1. The molecular weight excluding hydrogens is 371 g/mol. The summed E-state index contributed by atoms with van der Waals surface area (Å²) >= 11 is 0. The predicted octanol–water partition coefficient (Wildman–Crippen LogP) is 3.33. The third-order valence-electron chi connectivity index (χ3n) is 5.21. The smallest absolute Gasteiger partial charge is 0.256 e. The highest BCUT2D eigenvalue weighted by atomic mass is 19.1. The quantitative estimate of drug-likeness (QED) is 0.624. The predicted molar refractivity (Wildman–Crippen MR) is 113 cm³/mol. The first kappa shape index (κ1) is 18.1. The molecule has 0 fully saturated rings. The van der Waals surface area contributed by atoms with Gasteiger partial charge in [-0.15, -0.1) is 0 Å². The van der Waals surface area contributed by atoms with Gasteiger partial charge in [0.25, 0.3) is 11.8 Å². The van der Waals surface area contributed by atoms with Crippen LogP contribution in [0.25, 0.3) is 11.6 Å². The van der Waals surface area contributed by atoms with Gasteiger partial charge in [0, 0.05) is 35.7 Å². The van der Waals surface area contributed by atoms with Crippen molar-refractivity contribution < 1.29 is 16.7 Å². The van der Waals surface area contributed by atoms with E-state index in [9.17, 15) is 14.0 Å². The van der Waals surface area contributed by atoms with E-state index in [1.54, 1.807) is 13.8 Å². The first-order valence-electron chi connectivity index (χ1n) is 10.7. The van der Waals surface area contributed by atoms with Gasteiger partial charge < -0.3 is 20.5 Å². The minimum absolute atomic E-state index is 0.121. The molecule has 7 heteroatoms. The summed E-state index contributed by atoms with van der Waals surface area (Å²) in [4.78, 5) is 30.5. The Hall–Kier alpha value is -2.93. The lowest BCUT2D eigenvalue weighted by molar-refractivity contribution is -0.110. The molecule has 0 atom stereocenters. The molecule has 0 saturated heterocycles. The molecule has 3 N–H and O–H groups in total. The number of halogens is 1. The Morgan fingerprint density at radius 1 is 1.34 bits per heavy atom. The zero-order valence-electron chi connectivity index (χ0n) is 19.1. The monoisotopic (exact) mass is 400 g/mol. The third kappa shape index (κ3) is 4.24. The first-order valence-corrected chi connectivity index (χ1v) is 9.72. The average Bonchev–Trinajstić information content (AvgIpc) is 3.18. The molecule has 0 aliphatic carbocycles. The second-order valence-electron chi connectivity index (χ2n) is 6.97. The van der Waals surface area contributed by atoms with Gasteiger partial charge in [-0.25, -0.2) is 4.39 Å². The summed E-state index contributed by atoms with van der Waals surface area (Å²) < 4.78 is 29.7. The zero-order chi connectivity index (χ0) is 22.9. The minimum atomic E-state index is -0.978. The Labute approximate surface area is 173 Å². The lowest BCUT2D eigenvalue weighted by atomic mass is 10.0. The van der Waals surface area contributed by atoms with Crippen molar-refractivity contribution in [1.29, 1.82) is 0 Å². The topological polar surface area (TPSA) is 77.2 Å². The minimum Gasteiger partial charge on any atom is -0.358 e. The fourth-order valence-corrected chi connectivity index (χ4v) is 3.53.